The Morgan fingerprint density at radius 1 is 1.28 bits per heavy atom. The zero-order valence-electron chi connectivity index (χ0n) is 9.52. The molecule has 1 rings (SSSR count). The summed E-state index contributed by atoms with van der Waals surface area (Å²) in [6.45, 7) is 0.638. The first-order valence-electron chi connectivity index (χ1n) is 4.87. The number of nitrogens with two attached hydrogens (primary N) is 1. The molecule has 0 spiro atoms. The maximum Gasteiger partial charge on any atom is 0.264 e. The van der Waals surface area contributed by atoms with Gasteiger partial charge in [0.1, 0.15) is 0 Å². The van der Waals surface area contributed by atoms with Crippen LogP contribution in [0.25, 0.3) is 0 Å². The van der Waals surface area contributed by atoms with Gasteiger partial charge in [0, 0.05) is 31.0 Å². The topological polar surface area (TPSA) is 112 Å². The summed E-state index contributed by atoms with van der Waals surface area (Å²) >= 11 is 4.70. The first kappa shape index (κ1) is 17.1. The van der Waals surface area contributed by atoms with Crippen molar-refractivity contribution in [2.24, 2.45) is 0 Å². The molecule has 0 bridgehead atoms. The smallest absolute Gasteiger partial charge is 0.264 e. The fourth-order valence-corrected chi connectivity index (χ4v) is 2.25. The van der Waals surface area contributed by atoms with Crippen LogP contribution in [-0.2, 0) is 10.0 Å². The SMILES string of the molecule is Nc1ccc(S(=O)(=O)NCCNC([NH3+])=S)cc1.[Cl-]. The standard InChI is InChI=1S/C9H14N4O2S2.ClH/c10-7-1-3-8(4-2-7)17(14,15)13-6-5-12-9(11)16;/h1-4,13H,5-6,10H2,(H3,11,12,16);1H. The van der Waals surface area contributed by atoms with E-state index < -0.39 is 10.0 Å². The Labute approximate surface area is 118 Å². The lowest BCUT2D eigenvalue weighted by Gasteiger charge is -2.06. The van der Waals surface area contributed by atoms with Gasteiger partial charge in [0.2, 0.25) is 10.0 Å². The highest BCUT2D eigenvalue weighted by Gasteiger charge is 2.12. The van der Waals surface area contributed by atoms with Crippen molar-refractivity contribution in [2.75, 3.05) is 18.8 Å². The van der Waals surface area contributed by atoms with Gasteiger partial charge in [0.25, 0.3) is 5.11 Å². The summed E-state index contributed by atoms with van der Waals surface area (Å²) in [4.78, 5) is 0.184. The molecule has 102 valence electrons. The molecule has 0 atom stereocenters. The summed E-state index contributed by atoms with van der Waals surface area (Å²) < 4.78 is 26.0. The van der Waals surface area contributed by atoms with Gasteiger partial charge >= 0.3 is 0 Å². The molecular formula is C9H15ClN4O2S2. The molecule has 7 N–H and O–H groups in total. The first-order chi connectivity index (χ1) is 7.92. The van der Waals surface area contributed by atoms with Crippen molar-refractivity contribution in [1.82, 2.24) is 10.0 Å². The van der Waals surface area contributed by atoms with E-state index in [1.54, 1.807) is 0 Å². The molecule has 0 heterocycles. The third-order valence-electron chi connectivity index (χ3n) is 1.93. The summed E-state index contributed by atoms with van der Waals surface area (Å²) in [6.07, 6.45) is 0. The van der Waals surface area contributed by atoms with Gasteiger partial charge < -0.3 is 29.2 Å². The molecule has 0 fully saturated rings. The van der Waals surface area contributed by atoms with E-state index in [-0.39, 0.29) is 23.8 Å². The zero-order valence-corrected chi connectivity index (χ0v) is 11.9. The number of nitrogens with one attached hydrogen (secondary N) is 2. The highest BCUT2D eigenvalue weighted by Crippen LogP contribution is 2.10. The maximum atomic E-state index is 11.8. The minimum atomic E-state index is -3.48. The van der Waals surface area contributed by atoms with Gasteiger partial charge in [-0.3, -0.25) is 0 Å². The average molecular weight is 311 g/mol. The summed E-state index contributed by atoms with van der Waals surface area (Å²) in [5, 5.41) is 3.14. The van der Waals surface area contributed by atoms with Crippen LogP contribution in [0.15, 0.2) is 29.2 Å². The molecular weight excluding hydrogens is 296 g/mol. The predicted octanol–water partition coefficient (Wildman–Crippen LogP) is -4.33. The number of quaternary nitrogens is 1. The lowest BCUT2D eigenvalue weighted by molar-refractivity contribution is -0.215. The summed E-state index contributed by atoms with van der Waals surface area (Å²) in [7, 11) is -3.48. The third kappa shape index (κ3) is 5.61. The van der Waals surface area contributed by atoms with Gasteiger partial charge in [-0.1, -0.05) is 0 Å². The van der Waals surface area contributed by atoms with E-state index in [1.807, 2.05) is 0 Å². The maximum absolute atomic E-state index is 11.8. The molecule has 0 unspecified atom stereocenters. The monoisotopic (exact) mass is 310 g/mol. The van der Waals surface area contributed by atoms with Gasteiger partial charge in [-0.05, 0) is 24.3 Å². The van der Waals surface area contributed by atoms with Crippen LogP contribution in [0.2, 0.25) is 0 Å². The van der Waals surface area contributed by atoms with Gasteiger partial charge in [-0.2, -0.15) is 0 Å². The number of anilines is 1. The van der Waals surface area contributed by atoms with E-state index in [0.29, 0.717) is 17.3 Å². The molecule has 0 aromatic heterocycles. The molecule has 0 radical (unpaired) electrons. The van der Waals surface area contributed by atoms with E-state index in [2.05, 4.69) is 15.8 Å². The van der Waals surface area contributed by atoms with Crippen molar-refractivity contribution in [1.29, 1.82) is 0 Å². The largest absolute Gasteiger partial charge is 1.00 e. The van der Waals surface area contributed by atoms with Crippen LogP contribution >= 0.6 is 12.2 Å². The number of halogens is 1. The fraction of sp³-hybridized carbons (Fsp3) is 0.222. The van der Waals surface area contributed by atoms with Crippen molar-refractivity contribution >= 4 is 33.0 Å². The van der Waals surface area contributed by atoms with Crippen molar-refractivity contribution in [3.8, 4) is 0 Å². The lowest BCUT2D eigenvalue weighted by Crippen LogP contribution is -3.00. The Bertz CT molecular complexity index is 490. The Balaban J connectivity index is 0.00000289. The number of hydrogen-bond donors (Lipinski definition) is 4. The van der Waals surface area contributed by atoms with Crippen LogP contribution < -0.4 is 33.9 Å². The molecule has 6 nitrogen and oxygen atoms in total. The van der Waals surface area contributed by atoms with Gasteiger partial charge in [0.05, 0.1) is 4.90 Å². The summed E-state index contributed by atoms with van der Waals surface area (Å²) in [5.41, 5.74) is 9.47. The highest BCUT2D eigenvalue weighted by molar-refractivity contribution is 7.89. The second-order valence-corrected chi connectivity index (χ2v) is 5.58. The highest BCUT2D eigenvalue weighted by atomic mass is 35.5. The van der Waals surface area contributed by atoms with Crippen molar-refractivity contribution in [3.05, 3.63) is 24.3 Å². The number of rotatable bonds is 5. The van der Waals surface area contributed by atoms with Crippen LogP contribution in [0.1, 0.15) is 0 Å². The van der Waals surface area contributed by atoms with E-state index in [4.69, 9.17) is 18.0 Å². The number of sulfonamides is 1. The Kier molecular flexibility index (Phi) is 7.11. The molecule has 1 aromatic rings. The molecule has 0 saturated heterocycles. The second-order valence-electron chi connectivity index (χ2n) is 3.32. The predicted molar refractivity (Wildman–Crippen MR) is 69.5 cm³/mol. The van der Waals surface area contributed by atoms with Crippen LogP contribution in [0.4, 0.5) is 5.69 Å². The Morgan fingerprint density at radius 2 is 1.83 bits per heavy atom. The molecule has 0 amide bonds. The van der Waals surface area contributed by atoms with Gasteiger partial charge in [-0.25, -0.2) is 13.1 Å². The third-order valence-corrected chi connectivity index (χ3v) is 3.55. The Hall–Kier alpha value is -0.930. The van der Waals surface area contributed by atoms with E-state index >= 15 is 0 Å². The molecule has 0 saturated carbocycles. The first-order valence-corrected chi connectivity index (χ1v) is 6.76. The number of benzene rings is 1. The minimum absolute atomic E-state index is 0. The van der Waals surface area contributed by atoms with Gasteiger partial charge in [0.15, 0.2) is 0 Å². The van der Waals surface area contributed by atoms with Gasteiger partial charge in [-0.15, -0.1) is 0 Å². The molecule has 9 heteroatoms. The Morgan fingerprint density at radius 3 is 2.33 bits per heavy atom. The summed E-state index contributed by atoms with van der Waals surface area (Å²) in [6, 6.07) is 5.99. The molecule has 0 aliphatic carbocycles. The minimum Gasteiger partial charge on any atom is -1.00 e. The number of nitrogen functional groups attached to an aromatic ring is 1. The average Bonchev–Trinajstić information content (AvgIpc) is 2.25. The van der Waals surface area contributed by atoms with Crippen molar-refractivity contribution < 1.29 is 26.6 Å². The summed E-state index contributed by atoms with van der Waals surface area (Å²) in [5.74, 6) is 0. The van der Waals surface area contributed by atoms with E-state index in [1.165, 1.54) is 24.3 Å². The lowest BCUT2D eigenvalue weighted by atomic mass is 10.3. The normalized spacial score (nSPS) is 10.5. The van der Waals surface area contributed by atoms with Crippen molar-refractivity contribution in [2.45, 2.75) is 4.90 Å². The molecule has 0 aliphatic rings. The molecule has 1 aromatic carbocycles. The van der Waals surface area contributed by atoms with E-state index in [9.17, 15) is 8.42 Å². The number of hydrogen-bond acceptors (Lipinski definition) is 4. The van der Waals surface area contributed by atoms with Crippen molar-refractivity contribution in [3.63, 3.8) is 0 Å². The number of thiocarbonyl (C=S) groups is 1. The second kappa shape index (κ2) is 7.49. The van der Waals surface area contributed by atoms with E-state index in [0.717, 1.165) is 0 Å². The van der Waals surface area contributed by atoms with Crippen LogP contribution in [-0.4, -0.2) is 26.6 Å². The van der Waals surface area contributed by atoms with Crippen LogP contribution in [0.5, 0.6) is 0 Å². The molecule has 18 heavy (non-hydrogen) atoms. The molecule has 0 aliphatic heterocycles. The quantitative estimate of drug-likeness (QED) is 0.250. The van der Waals surface area contributed by atoms with Crippen LogP contribution in [0.3, 0.4) is 0 Å². The zero-order chi connectivity index (χ0) is 12.9. The fourth-order valence-electron chi connectivity index (χ4n) is 1.12. The van der Waals surface area contributed by atoms with Crippen LogP contribution in [0, 0.1) is 0 Å².